The Labute approximate surface area is 113 Å². The van der Waals surface area contributed by atoms with Gasteiger partial charge in [-0.05, 0) is 45.0 Å². The van der Waals surface area contributed by atoms with Gasteiger partial charge in [0.25, 0.3) is 0 Å². The van der Waals surface area contributed by atoms with Gasteiger partial charge in [0.1, 0.15) is 5.82 Å². The molecule has 5 heteroatoms. The number of nitrogens with zero attached hydrogens (tertiary/aromatic N) is 2. The number of aromatic carboxylic acids is 1. The smallest absolute Gasteiger partial charge is 0.354 e. The molecule has 1 aliphatic rings. The molecule has 104 valence electrons. The van der Waals surface area contributed by atoms with Gasteiger partial charge in [-0.3, -0.25) is 0 Å². The van der Waals surface area contributed by atoms with Crippen molar-refractivity contribution >= 4 is 11.8 Å². The molecule has 0 amide bonds. The average molecular weight is 263 g/mol. The van der Waals surface area contributed by atoms with Crippen molar-refractivity contribution in [3.8, 4) is 0 Å². The van der Waals surface area contributed by atoms with Crippen LogP contribution in [0.1, 0.15) is 36.7 Å². The van der Waals surface area contributed by atoms with E-state index in [1.54, 1.807) is 12.1 Å². The number of hydrogen-bond donors (Lipinski definition) is 2. The number of hydrogen-bond acceptors (Lipinski definition) is 4. The van der Waals surface area contributed by atoms with Crippen molar-refractivity contribution in [1.82, 2.24) is 9.88 Å². The third-order valence-corrected chi connectivity index (χ3v) is 3.34. The fourth-order valence-corrected chi connectivity index (χ4v) is 2.46. The van der Waals surface area contributed by atoms with Crippen molar-refractivity contribution < 1.29 is 9.90 Å². The van der Waals surface area contributed by atoms with Gasteiger partial charge in [0.15, 0.2) is 5.69 Å². The highest BCUT2D eigenvalue weighted by molar-refractivity contribution is 5.85. The number of aromatic nitrogens is 1. The minimum absolute atomic E-state index is 0.0789. The molecule has 1 aromatic rings. The van der Waals surface area contributed by atoms with Crippen LogP contribution in [0.4, 0.5) is 5.82 Å². The quantitative estimate of drug-likeness (QED) is 0.851. The Morgan fingerprint density at radius 2 is 2.16 bits per heavy atom. The fraction of sp³-hybridized carbons (Fsp3) is 0.571. The monoisotopic (exact) mass is 263 g/mol. The van der Waals surface area contributed by atoms with Crippen molar-refractivity contribution in [2.45, 2.75) is 32.2 Å². The van der Waals surface area contributed by atoms with E-state index in [2.05, 4.69) is 22.1 Å². The van der Waals surface area contributed by atoms with Crippen molar-refractivity contribution in [1.29, 1.82) is 0 Å². The summed E-state index contributed by atoms with van der Waals surface area (Å²) in [7, 11) is 0. The summed E-state index contributed by atoms with van der Waals surface area (Å²) in [5.74, 6) is -0.364. The highest BCUT2D eigenvalue weighted by atomic mass is 16.4. The van der Waals surface area contributed by atoms with Gasteiger partial charge in [-0.2, -0.15) is 0 Å². The van der Waals surface area contributed by atoms with Crippen molar-refractivity contribution in [3.63, 3.8) is 0 Å². The van der Waals surface area contributed by atoms with Gasteiger partial charge < -0.3 is 15.3 Å². The van der Waals surface area contributed by atoms with E-state index in [0.29, 0.717) is 5.82 Å². The van der Waals surface area contributed by atoms with Crippen LogP contribution >= 0.6 is 0 Å². The Kier molecular flexibility index (Phi) is 4.74. The normalized spacial score (nSPS) is 17.9. The van der Waals surface area contributed by atoms with Crippen LogP contribution < -0.4 is 5.32 Å². The highest BCUT2D eigenvalue weighted by Gasteiger charge is 2.14. The summed E-state index contributed by atoms with van der Waals surface area (Å²) in [4.78, 5) is 17.4. The molecule has 0 radical (unpaired) electrons. The van der Waals surface area contributed by atoms with Gasteiger partial charge in [-0.25, -0.2) is 9.78 Å². The number of likely N-dealkylation sites (tertiary alicyclic amines) is 1. The molecule has 2 heterocycles. The SMILES string of the molecule is CC(CN1CCCCC1)Nc1cccc(C(=O)O)n1. The van der Waals surface area contributed by atoms with Crippen LogP contribution in [0.5, 0.6) is 0 Å². The Morgan fingerprint density at radius 1 is 1.42 bits per heavy atom. The maximum atomic E-state index is 10.9. The molecular formula is C14H21N3O2. The number of nitrogens with one attached hydrogen (secondary N) is 1. The van der Waals surface area contributed by atoms with Crippen LogP contribution in [0.15, 0.2) is 18.2 Å². The average Bonchev–Trinajstić information content (AvgIpc) is 2.40. The molecule has 1 aliphatic heterocycles. The summed E-state index contributed by atoms with van der Waals surface area (Å²) in [6, 6.07) is 5.28. The van der Waals surface area contributed by atoms with Gasteiger partial charge in [-0.1, -0.05) is 12.5 Å². The lowest BCUT2D eigenvalue weighted by atomic mass is 10.1. The van der Waals surface area contributed by atoms with Crippen LogP contribution in [-0.4, -0.2) is 46.6 Å². The number of carbonyl (C=O) groups is 1. The summed E-state index contributed by atoms with van der Waals surface area (Å²) in [5, 5.41) is 12.2. The minimum atomic E-state index is -0.993. The lowest BCUT2D eigenvalue weighted by Gasteiger charge is -2.29. The first-order valence-electron chi connectivity index (χ1n) is 6.84. The van der Waals surface area contributed by atoms with E-state index in [-0.39, 0.29) is 11.7 Å². The van der Waals surface area contributed by atoms with Crippen molar-refractivity contribution in [3.05, 3.63) is 23.9 Å². The van der Waals surface area contributed by atoms with E-state index in [0.717, 1.165) is 19.6 Å². The van der Waals surface area contributed by atoms with E-state index in [1.165, 1.54) is 25.3 Å². The lowest BCUT2D eigenvalue weighted by molar-refractivity contribution is 0.0690. The van der Waals surface area contributed by atoms with Gasteiger partial charge in [0.05, 0.1) is 0 Å². The molecule has 1 fully saturated rings. The lowest BCUT2D eigenvalue weighted by Crippen LogP contribution is -2.38. The predicted molar refractivity (Wildman–Crippen MR) is 74.6 cm³/mol. The fourth-order valence-electron chi connectivity index (χ4n) is 2.46. The third kappa shape index (κ3) is 4.21. The number of pyridine rings is 1. The van der Waals surface area contributed by atoms with Crippen LogP contribution in [0.25, 0.3) is 0 Å². The standard InChI is InChI=1S/C14H21N3O2/c1-11(10-17-8-3-2-4-9-17)15-13-7-5-6-12(16-13)14(18)19/h5-7,11H,2-4,8-10H2,1H3,(H,15,16)(H,18,19). The molecule has 0 spiro atoms. The Hall–Kier alpha value is -1.62. The first kappa shape index (κ1) is 13.8. The summed E-state index contributed by atoms with van der Waals surface area (Å²) in [6.07, 6.45) is 3.89. The molecule has 0 aliphatic carbocycles. The maximum Gasteiger partial charge on any atom is 0.354 e. The molecule has 1 unspecified atom stereocenters. The predicted octanol–water partition coefficient (Wildman–Crippen LogP) is 2.07. The summed E-state index contributed by atoms with van der Waals surface area (Å²) >= 11 is 0. The zero-order valence-electron chi connectivity index (χ0n) is 11.3. The van der Waals surface area contributed by atoms with E-state index in [1.807, 2.05) is 0 Å². The molecule has 19 heavy (non-hydrogen) atoms. The Balaban J connectivity index is 1.88. The maximum absolute atomic E-state index is 10.9. The first-order chi connectivity index (χ1) is 9.15. The van der Waals surface area contributed by atoms with E-state index >= 15 is 0 Å². The van der Waals surface area contributed by atoms with Gasteiger partial charge in [0.2, 0.25) is 0 Å². The number of carboxylic acid groups (broad SMARTS) is 1. The zero-order valence-corrected chi connectivity index (χ0v) is 11.3. The topological polar surface area (TPSA) is 65.5 Å². The van der Waals surface area contributed by atoms with Gasteiger partial charge in [0, 0.05) is 12.6 Å². The van der Waals surface area contributed by atoms with Crippen LogP contribution in [0.2, 0.25) is 0 Å². The number of anilines is 1. The Morgan fingerprint density at radius 3 is 2.84 bits per heavy atom. The molecule has 0 saturated carbocycles. The molecule has 5 nitrogen and oxygen atoms in total. The molecule has 1 aromatic heterocycles. The molecule has 1 saturated heterocycles. The second-order valence-corrected chi connectivity index (χ2v) is 5.12. The van der Waals surface area contributed by atoms with Crippen LogP contribution in [0.3, 0.4) is 0 Å². The summed E-state index contributed by atoms with van der Waals surface area (Å²) in [5.41, 5.74) is 0.0789. The molecular weight excluding hydrogens is 242 g/mol. The third-order valence-electron chi connectivity index (χ3n) is 3.34. The summed E-state index contributed by atoms with van der Waals surface area (Å²) in [6.45, 7) is 5.39. The summed E-state index contributed by atoms with van der Waals surface area (Å²) < 4.78 is 0. The number of rotatable bonds is 5. The van der Waals surface area contributed by atoms with E-state index < -0.39 is 5.97 Å². The molecule has 0 aromatic carbocycles. The largest absolute Gasteiger partial charge is 0.477 e. The van der Waals surface area contributed by atoms with E-state index in [4.69, 9.17) is 5.11 Å². The minimum Gasteiger partial charge on any atom is -0.477 e. The van der Waals surface area contributed by atoms with Gasteiger partial charge >= 0.3 is 5.97 Å². The number of carboxylic acids is 1. The zero-order chi connectivity index (χ0) is 13.7. The van der Waals surface area contributed by atoms with Crippen LogP contribution in [-0.2, 0) is 0 Å². The second-order valence-electron chi connectivity index (χ2n) is 5.12. The Bertz CT molecular complexity index is 430. The van der Waals surface area contributed by atoms with Crippen molar-refractivity contribution in [2.24, 2.45) is 0 Å². The number of piperidine rings is 1. The highest BCUT2D eigenvalue weighted by Crippen LogP contribution is 2.11. The molecule has 2 N–H and O–H groups in total. The van der Waals surface area contributed by atoms with E-state index in [9.17, 15) is 4.79 Å². The van der Waals surface area contributed by atoms with Crippen molar-refractivity contribution in [2.75, 3.05) is 25.0 Å². The molecule has 2 rings (SSSR count). The van der Waals surface area contributed by atoms with Crippen LogP contribution in [0, 0.1) is 0 Å². The molecule has 1 atom stereocenters. The van der Waals surface area contributed by atoms with Gasteiger partial charge in [-0.15, -0.1) is 0 Å². The second kappa shape index (κ2) is 6.52. The first-order valence-corrected chi connectivity index (χ1v) is 6.84. The molecule has 0 bridgehead atoms.